The quantitative estimate of drug-likeness (QED) is 0.718. The van der Waals surface area contributed by atoms with Crippen molar-refractivity contribution in [3.8, 4) is 0 Å². The van der Waals surface area contributed by atoms with Gasteiger partial charge in [-0.2, -0.15) is 4.31 Å². The normalized spacial score (nSPS) is 11.7. The second-order valence-corrected chi connectivity index (χ2v) is 8.16. The third-order valence-corrected chi connectivity index (χ3v) is 6.59. The van der Waals surface area contributed by atoms with Gasteiger partial charge in [0.2, 0.25) is 15.9 Å². The van der Waals surface area contributed by atoms with Crippen LogP contribution in [0.1, 0.15) is 25.2 Å². The van der Waals surface area contributed by atoms with Gasteiger partial charge in [-0.1, -0.05) is 13.8 Å². The molecule has 1 N–H and O–H groups in total. The highest BCUT2D eigenvalue weighted by Gasteiger charge is 2.22. The standard InChI is InChI=1S/C18H26N4O4S/c1-5-22(6-2)27(25,26)16-9-10-18(24)21(12-16)13-17(23)19-11-15-8-7-14(3)20(15)4/h7-10,12H,5-6,11,13H2,1-4H3,(H,19,23). The minimum atomic E-state index is -3.70. The van der Waals surface area contributed by atoms with Gasteiger partial charge < -0.3 is 14.5 Å². The van der Waals surface area contributed by atoms with Crippen molar-refractivity contribution in [3.05, 3.63) is 52.2 Å². The maximum atomic E-state index is 12.6. The van der Waals surface area contributed by atoms with E-state index in [0.29, 0.717) is 19.6 Å². The van der Waals surface area contributed by atoms with Gasteiger partial charge in [-0.25, -0.2) is 8.42 Å². The van der Waals surface area contributed by atoms with Crippen LogP contribution in [-0.4, -0.2) is 40.9 Å². The molecule has 0 atom stereocenters. The van der Waals surface area contributed by atoms with E-state index >= 15 is 0 Å². The zero-order valence-corrected chi connectivity index (χ0v) is 16.9. The molecule has 0 fully saturated rings. The van der Waals surface area contributed by atoms with E-state index in [1.165, 1.54) is 22.6 Å². The summed E-state index contributed by atoms with van der Waals surface area (Å²) in [6.45, 7) is 6.20. The first-order valence-corrected chi connectivity index (χ1v) is 10.2. The van der Waals surface area contributed by atoms with Crippen LogP contribution >= 0.6 is 0 Å². The zero-order valence-electron chi connectivity index (χ0n) is 16.1. The summed E-state index contributed by atoms with van der Waals surface area (Å²) in [7, 11) is -1.79. The Morgan fingerprint density at radius 3 is 2.37 bits per heavy atom. The highest BCUT2D eigenvalue weighted by molar-refractivity contribution is 7.89. The van der Waals surface area contributed by atoms with E-state index in [1.807, 2.05) is 30.7 Å². The number of hydrogen-bond donors (Lipinski definition) is 1. The van der Waals surface area contributed by atoms with E-state index in [9.17, 15) is 18.0 Å². The van der Waals surface area contributed by atoms with Crippen molar-refractivity contribution >= 4 is 15.9 Å². The average molecular weight is 394 g/mol. The minimum absolute atomic E-state index is 0.00309. The van der Waals surface area contributed by atoms with Crippen molar-refractivity contribution in [3.63, 3.8) is 0 Å². The number of hydrogen-bond acceptors (Lipinski definition) is 4. The van der Waals surface area contributed by atoms with Crippen LogP contribution in [0.25, 0.3) is 0 Å². The second-order valence-electron chi connectivity index (χ2n) is 6.22. The van der Waals surface area contributed by atoms with Gasteiger partial charge in [0, 0.05) is 43.8 Å². The molecule has 148 valence electrons. The van der Waals surface area contributed by atoms with Crippen LogP contribution < -0.4 is 10.9 Å². The highest BCUT2D eigenvalue weighted by atomic mass is 32.2. The van der Waals surface area contributed by atoms with Crippen LogP contribution in [0.15, 0.2) is 40.2 Å². The number of carbonyl (C=O) groups excluding carboxylic acids is 1. The first-order chi connectivity index (χ1) is 12.7. The fraction of sp³-hybridized carbons (Fsp3) is 0.444. The maximum absolute atomic E-state index is 12.6. The van der Waals surface area contributed by atoms with Gasteiger partial charge in [-0.05, 0) is 25.1 Å². The Kier molecular flexibility index (Phi) is 6.61. The number of nitrogens with zero attached hydrogens (tertiary/aromatic N) is 3. The van der Waals surface area contributed by atoms with Crippen molar-refractivity contribution in [1.29, 1.82) is 0 Å². The molecule has 0 unspecified atom stereocenters. The average Bonchev–Trinajstić information content (AvgIpc) is 2.94. The van der Waals surface area contributed by atoms with Gasteiger partial charge in [0.25, 0.3) is 5.56 Å². The van der Waals surface area contributed by atoms with Crippen molar-refractivity contribution in [2.24, 2.45) is 7.05 Å². The van der Waals surface area contributed by atoms with Gasteiger partial charge in [0.05, 0.1) is 11.4 Å². The van der Waals surface area contributed by atoms with Crippen molar-refractivity contribution < 1.29 is 13.2 Å². The third kappa shape index (κ3) is 4.67. The molecule has 0 bridgehead atoms. The molecular weight excluding hydrogens is 368 g/mol. The Morgan fingerprint density at radius 2 is 1.81 bits per heavy atom. The van der Waals surface area contributed by atoms with Gasteiger partial charge >= 0.3 is 0 Å². The van der Waals surface area contributed by atoms with Crippen LogP contribution in [0.5, 0.6) is 0 Å². The van der Waals surface area contributed by atoms with E-state index in [0.717, 1.165) is 16.0 Å². The summed E-state index contributed by atoms with van der Waals surface area (Å²) in [6.07, 6.45) is 1.22. The monoisotopic (exact) mass is 394 g/mol. The predicted octanol–water partition coefficient (Wildman–Crippen LogP) is 0.842. The van der Waals surface area contributed by atoms with Crippen LogP contribution in [0.4, 0.5) is 0 Å². The number of sulfonamides is 1. The number of rotatable bonds is 8. The molecule has 0 spiro atoms. The Hall–Kier alpha value is -2.39. The SMILES string of the molecule is CCN(CC)S(=O)(=O)c1ccc(=O)n(CC(=O)NCc2ccc(C)n2C)c1. The van der Waals surface area contributed by atoms with Gasteiger partial charge in [-0.15, -0.1) is 0 Å². The van der Waals surface area contributed by atoms with Crippen LogP contribution in [0.3, 0.4) is 0 Å². The van der Waals surface area contributed by atoms with Gasteiger partial charge in [-0.3, -0.25) is 9.59 Å². The van der Waals surface area contributed by atoms with Crippen LogP contribution in [-0.2, 0) is 35.0 Å². The molecular formula is C18H26N4O4S. The number of pyridine rings is 1. The van der Waals surface area contributed by atoms with E-state index in [4.69, 9.17) is 0 Å². The topological polar surface area (TPSA) is 93.4 Å². The number of amides is 1. The molecule has 0 aliphatic rings. The fourth-order valence-corrected chi connectivity index (χ4v) is 4.22. The van der Waals surface area contributed by atoms with Crippen molar-refractivity contribution in [2.45, 2.75) is 38.8 Å². The minimum Gasteiger partial charge on any atom is -0.350 e. The molecule has 8 nitrogen and oxygen atoms in total. The summed E-state index contributed by atoms with van der Waals surface area (Å²) < 4.78 is 29.6. The number of aryl methyl sites for hydroxylation is 1. The molecule has 9 heteroatoms. The number of carbonyl (C=O) groups is 1. The fourth-order valence-electron chi connectivity index (χ4n) is 2.74. The summed E-state index contributed by atoms with van der Waals surface area (Å²) in [4.78, 5) is 24.3. The Bertz CT molecular complexity index is 971. The highest BCUT2D eigenvalue weighted by Crippen LogP contribution is 2.13. The smallest absolute Gasteiger partial charge is 0.251 e. The molecule has 0 aliphatic heterocycles. The summed E-state index contributed by atoms with van der Waals surface area (Å²) in [5.41, 5.74) is 1.58. The third-order valence-electron chi connectivity index (χ3n) is 4.56. The number of aromatic nitrogens is 2. The first kappa shape index (κ1) is 20.9. The van der Waals surface area contributed by atoms with Crippen LogP contribution in [0, 0.1) is 6.92 Å². The lowest BCUT2D eigenvalue weighted by Gasteiger charge is -2.19. The molecule has 0 saturated carbocycles. The number of nitrogens with one attached hydrogen (secondary N) is 1. The van der Waals surface area contributed by atoms with Crippen LogP contribution in [0.2, 0.25) is 0 Å². The largest absolute Gasteiger partial charge is 0.350 e. The Morgan fingerprint density at radius 1 is 1.15 bits per heavy atom. The molecule has 2 rings (SSSR count). The summed E-state index contributed by atoms with van der Waals surface area (Å²) in [5.74, 6) is -0.367. The van der Waals surface area contributed by atoms with Crippen molar-refractivity contribution in [2.75, 3.05) is 13.1 Å². The molecule has 2 aromatic heterocycles. The zero-order chi connectivity index (χ0) is 20.2. The molecule has 1 amide bonds. The molecule has 0 aliphatic carbocycles. The lowest BCUT2D eigenvalue weighted by molar-refractivity contribution is -0.121. The lowest BCUT2D eigenvalue weighted by atomic mass is 10.4. The van der Waals surface area contributed by atoms with Crippen molar-refractivity contribution in [1.82, 2.24) is 18.8 Å². The molecule has 2 aromatic rings. The summed E-state index contributed by atoms with van der Waals surface area (Å²) in [5, 5.41) is 2.75. The van der Waals surface area contributed by atoms with E-state index in [1.54, 1.807) is 13.8 Å². The molecule has 0 radical (unpaired) electrons. The first-order valence-electron chi connectivity index (χ1n) is 8.79. The van der Waals surface area contributed by atoms with Gasteiger partial charge in [0.15, 0.2) is 0 Å². The molecule has 0 aromatic carbocycles. The summed E-state index contributed by atoms with van der Waals surface area (Å²) in [6, 6.07) is 6.31. The molecule has 27 heavy (non-hydrogen) atoms. The second kappa shape index (κ2) is 8.53. The van der Waals surface area contributed by atoms with E-state index in [-0.39, 0.29) is 17.3 Å². The Labute approximate surface area is 159 Å². The maximum Gasteiger partial charge on any atom is 0.251 e. The van der Waals surface area contributed by atoms with Gasteiger partial charge in [0.1, 0.15) is 6.54 Å². The lowest BCUT2D eigenvalue weighted by Crippen LogP contribution is -2.34. The summed E-state index contributed by atoms with van der Waals surface area (Å²) >= 11 is 0. The predicted molar refractivity (Wildman–Crippen MR) is 103 cm³/mol. The Balaban J connectivity index is 2.15. The molecule has 0 saturated heterocycles. The van der Waals surface area contributed by atoms with E-state index in [2.05, 4.69) is 5.32 Å². The molecule has 2 heterocycles. The van der Waals surface area contributed by atoms with E-state index < -0.39 is 15.6 Å².